The highest BCUT2D eigenvalue weighted by molar-refractivity contribution is 6.20. The zero-order valence-electron chi connectivity index (χ0n) is 6.54. The number of hydrogen-bond acceptors (Lipinski definition) is 3. The average Bonchev–Trinajstić information content (AvgIpc) is 2.51. The largest absolute Gasteiger partial charge is 0.349 e. The van der Waals surface area contributed by atoms with Crippen molar-refractivity contribution in [3.63, 3.8) is 0 Å². The van der Waals surface area contributed by atoms with Gasteiger partial charge < -0.3 is 5.32 Å². The average molecular weight is 189 g/mol. The van der Waals surface area contributed by atoms with E-state index in [2.05, 4.69) is 20.7 Å². The van der Waals surface area contributed by atoms with Crippen LogP contribution in [0.2, 0.25) is 0 Å². The number of aromatic amines is 1. The van der Waals surface area contributed by atoms with Gasteiger partial charge in [-0.3, -0.25) is 4.79 Å². The molecule has 1 aromatic heterocycles. The van der Waals surface area contributed by atoms with Crippen LogP contribution in [0.25, 0.3) is 0 Å². The summed E-state index contributed by atoms with van der Waals surface area (Å²) in [5, 5.41) is 12.0. The molecule has 0 spiro atoms. The number of H-pyrrole nitrogens is 1. The zero-order valence-corrected chi connectivity index (χ0v) is 7.30. The molecule has 0 aliphatic carbocycles. The maximum atomic E-state index is 11.1. The molecule has 1 aromatic rings. The number of nitrogens with one attached hydrogen (secondary N) is 2. The topological polar surface area (TPSA) is 70.7 Å². The van der Waals surface area contributed by atoms with Gasteiger partial charge in [0.25, 0.3) is 5.91 Å². The summed E-state index contributed by atoms with van der Waals surface area (Å²) in [5.74, 6) is -0.267. The van der Waals surface area contributed by atoms with Gasteiger partial charge in [0.2, 0.25) is 0 Å². The number of amides is 1. The van der Waals surface area contributed by atoms with E-state index < -0.39 is 0 Å². The van der Waals surface area contributed by atoms with Gasteiger partial charge in [-0.25, -0.2) is 0 Å². The van der Waals surface area contributed by atoms with Crippen LogP contribution in [0.3, 0.4) is 0 Å². The van der Waals surface area contributed by atoms with Gasteiger partial charge in [0.05, 0.1) is 6.20 Å². The van der Waals surface area contributed by atoms with E-state index in [4.69, 9.17) is 11.6 Å². The minimum atomic E-state index is -0.267. The van der Waals surface area contributed by atoms with Crippen molar-refractivity contribution in [2.75, 3.05) is 6.54 Å². The third kappa shape index (κ3) is 2.50. The zero-order chi connectivity index (χ0) is 8.97. The van der Waals surface area contributed by atoms with E-state index in [1.165, 1.54) is 6.20 Å². The Bertz CT molecular complexity index is 246. The Labute approximate surface area is 74.5 Å². The second-order valence-electron chi connectivity index (χ2n) is 2.35. The monoisotopic (exact) mass is 188 g/mol. The summed E-state index contributed by atoms with van der Waals surface area (Å²) < 4.78 is 0. The normalized spacial score (nSPS) is 12.5. The molecule has 0 saturated heterocycles. The van der Waals surface area contributed by atoms with Crippen LogP contribution in [-0.2, 0) is 0 Å². The summed E-state index contributed by atoms with van der Waals surface area (Å²) in [6, 6.07) is 0. The lowest BCUT2D eigenvalue weighted by atomic mass is 10.4. The van der Waals surface area contributed by atoms with Gasteiger partial charge in [-0.15, -0.1) is 11.6 Å². The van der Waals surface area contributed by atoms with Gasteiger partial charge in [-0.2, -0.15) is 15.4 Å². The highest BCUT2D eigenvalue weighted by atomic mass is 35.5. The Morgan fingerprint density at radius 2 is 2.67 bits per heavy atom. The molecule has 1 heterocycles. The molecule has 1 rings (SSSR count). The number of halogens is 1. The molecule has 6 heteroatoms. The van der Waals surface area contributed by atoms with E-state index in [0.29, 0.717) is 6.54 Å². The summed E-state index contributed by atoms with van der Waals surface area (Å²) in [6.07, 6.45) is 1.36. The molecule has 1 unspecified atom stereocenters. The van der Waals surface area contributed by atoms with Crippen molar-refractivity contribution in [2.24, 2.45) is 0 Å². The Morgan fingerprint density at radius 3 is 3.17 bits per heavy atom. The molecule has 0 bridgehead atoms. The molecule has 1 amide bonds. The third-order valence-electron chi connectivity index (χ3n) is 1.19. The molecule has 0 aliphatic heterocycles. The molecule has 0 aliphatic rings. The molecule has 0 aromatic carbocycles. The Hall–Kier alpha value is -1.10. The minimum absolute atomic E-state index is 0.0825. The fraction of sp³-hybridized carbons (Fsp3) is 0.500. The first-order valence-electron chi connectivity index (χ1n) is 3.48. The van der Waals surface area contributed by atoms with E-state index in [0.717, 1.165) is 0 Å². The van der Waals surface area contributed by atoms with Crippen molar-refractivity contribution in [1.29, 1.82) is 0 Å². The summed E-state index contributed by atoms with van der Waals surface area (Å²) in [4.78, 5) is 11.1. The predicted octanol–water partition coefficient (Wildman–Crippen LogP) is 0.162. The van der Waals surface area contributed by atoms with Crippen LogP contribution in [0.4, 0.5) is 0 Å². The van der Waals surface area contributed by atoms with Crippen LogP contribution in [-0.4, -0.2) is 33.2 Å². The van der Waals surface area contributed by atoms with Gasteiger partial charge >= 0.3 is 0 Å². The van der Waals surface area contributed by atoms with Gasteiger partial charge in [-0.1, -0.05) is 0 Å². The number of hydrogen-bond donors (Lipinski definition) is 2. The first kappa shape index (κ1) is 8.99. The lowest BCUT2D eigenvalue weighted by Crippen LogP contribution is -2.28. The summed E-state index contributed by atoms with van der Waals surface area (Å²) in [6.45, 7) is 2.22. The van der Waals surface area contributed by atoms with Crippen molar-refractivity contribution >= 4 is 17.5 Å². The lowest BCUT2D eigenvalue weighted by molar-refractivity contribution is 0.0949. The van der Waals surface area contributed by atoms with Crippen LogP contribution in [0.15, 0.2) is 6.20 Å². The molecule has 0 saturated carbocycles. The predicted molar refractivity (Wildman–Crippen MR) is 44.0 cm³/mol. The van der Waals surface area contributed by atoms with Crippen molar-refractivity contribution in [3.05, 3.63) is 11.9 Å². The SMILES string of the molecule is CC(Cl)CNC(=O)c1cn[nH]n1. The Morgan fingerprint density at radius 1 is 1.92 bits per heavy atom. The molecule has 0 fully saturated rings. The van der Waals surface area contributed by atoms with E-state index in [1.54, 1.807) is 6.92 Å². The van der Waals surface area contributed by atoms with E-state index in [1.807, 2.05) is 0 Å². The molecular formula is C6H9ClN4O. The van der Waals surface area contributed by atoms with Gasteiger partial charge in [0, 0.05) is 11.9 Å². The maximum absolute atomic E-state index is 11.1. The van der Waals surface area contributed by atoms with Crippen LogP contribution < -0.4 is 5.32 Å². The molecule has 66 valence electrons. The molecule has 5 nitrogen and oxygen atoms in total. The van der Waals surface area contributed by atoms with Crippen LogP contribution in [0.5, 0.6) is 0 Å². The second kappa shape index (κ2) is 4.06. The number of aromatic nitrogens is 3. The molecular weight excluding hydrogens is 180 g/mol. The summed E-state index contributed by atoms with van der Waals surface area (Å²) in [5.41, 5.74) is 0.271. The van der Waals surface area contributed by atoms with Crippen molar-refractivity contribution in [3.8, 4) is 0 Å². The van der Waals surface area contributed by atoms with Crippen LogP contribution in [0, 0.1) is 0 Å². The summed E-state index contributed by atoms with van der Waals surface area (Å²) >= 11 is 5.62. The Kier molecular flexibility index (Phi) is 3.04. The van der Waals surface area contributed by atoms with Crippen LogP contribution >= 0.6 is 11.6 Å². The first-order chi connectivity index (χ1) is 5.70. The minimum Gasteiger partial charge on any atom is -0.349 e. The van der Waals surface area contributed by atoms with Crippen molar-refractivity contribution < 1.29 is 4.79 Å². The van der Waals surface area contributed by atoms with E-state index in [9.17, 15) is 4.79 Å². The molecule has 0 radical (unpaired) electrons. The maximum Gasteiger partial charge on any atom is 0.273 e. The first-order valence-corrected chi connectivity index (χ1v) is 3.92. The standard InChI is InChI=1S/C6H9ClN4O/c1-4(7)2-8-6(12)5-3-9-11-10-5/h3-4H,2H2,1H3,(H,8,12)(H,9,10,11). The highest BCUT2D eigenvalue weighted by Crippen LogP contribution is 1.92. The highest BCUT2D eigenvalue weighted by Gasteiger charge is 2.08. The fourth-order valence-electron chi connectivity index (χ4n) is 0.635. The van der Waals surface area contributed by atoms with Crippen molar-refractivity contribution in [2.45, 2.75) is 12.3 Å². The quantitative estimate of drug-likeness (QED) is 0.664. The van der Waals surface area contributed by atoms with E-state index >= 15 is 0 Å². The number of carbonyl (C=O) groups excluding carboxylic acids is 1. The number of rotatable bonds is 3. The fourth-order valence-corrected chi connectivity index (χ4v) is 0.712. The van der Waals surface area contributed by atoms with Gasteiger partial charge in [0.1, 0.15) is 0 Å². The van der Waals surface area contributed by atoms with E-state index in [-0.39, 0.29) is 17.0 Å². The Balaban J connectivity index is 2.40. The van der Waals surface area contributed by atoms with Gasteiger partial charge in [0.15, 0.2) is 5.69 Å². The number of alkyl halides is 1. The second-order valence-corrected chi connectivity index (χ2v) is 3.09. The lowest BCUT2D eigenvalue weighted by Gasteiger charge is -2.02. The molecule has 2 N–H and O–H groups in total. The third-order valence-corrected chi connectivity index (χ3v) is 1.35. The smallest absolute Gasteiger partial charge is 0.273 e. The number of nitrogens with zero attached hydrogens (tertiary/aromatic N) is 2. The van der Waals surface area contributed by atoms with Gasteiger partial charge in [-0.05, 0) is 6.92 Å². The van der Waals surface area contributed by atoms with Crippen molar-refractivity contribution in [1.82, 2.24) is 20.7 Å². The van der Waals surface area contributed by atoms with Crippen LogP contribution in [0.1, 0.15) is 17.4 Å². The number of carbonyl (C=O) groups is 1. The summed E-state index contributed by atoms with van der Waals surface area (Å²) in [7, 11) is 0. The molecule has 12 heavy (non-hydrogen) atoms. The molecule has 1 atom stereocenters.